The molecule has 5 heteroatoms. The molecule has 2 rings (SSSR count). The monoisotopic (exact) mass is 338 g/mol. The number of nitrogens with two attached hydrogens (primary N) is 1. The van der Waals surface area contributed by atoms with Crippen LogP contribution in [-0.4, -0.2) is 42.5 Å². The molecule has 3 N–H and O–H groups in total. The Kier molecular flexibility index (Phi) is 4.39. The van der Waals surface area contributed by atoms with Gasteiger partial charge in [-0.2, -0.15) is 0 Å². The van der Waals surface area contributed by atoms with Gasteiger partial charge in [-0.3, -0.25) is 10.3 Å². The molecule has 20 heavy (non-hydrogen) atoms. The number of benzene rings is 1. The molecule has 0 saturated carbocycles. The summed E-state index contributed by atoms with van der Waals surface area (Å²) in [6, 6.07) is 6.02. The van der Waals surface area contributed by atoms with Crippen molar-refractivity contribution in [3.8, 4) is 0 Å². The summed E-state index contributed by atoms with van der Waals surface area (Å²) in [4.78, 5) is 4.90. The van der Waals surface area contributed by atoms with Crippen molar-refractivity contribution in [2.24, 2.45) is 5.73 Å². The Labute approximate surface area is 129 Å². The Morgan fingerprint density at radius 3 is 2.25 bits per heavy atom. The molecule has 0 spiro atoms. The first-order valence-corrected chi connectivity index (χ1v) is 7.72. The Hall–Kier alpha value is -1.07. The molecule has 0 radical (unpaired) electrons. The lowest BCUT2D eigenvalue weighted by Gasteiger charge is -2.43. The molecule has 1 aliphatic heterocycles. The molecule has 1 heterocycles. The summed E-state index contributed by atoms with van der Waals surface area (Å²) in [5, 5.41) is 7.51. The third-order valence-electron chi connectivity index (χ3n) is 3.84. The van der Waals surface area contributed by atoms with E-state index in [1.54, 1.807) is 0 Å². The van der Waals surface area contributed by atoms with Crippen molar-refractivity contribution < 1.29 is 0 Å². The predicted molar refractivity (Wildman–Crippen MR) is 88.7 cm³/mol. The fourth-order valence-electron chi connectivity index (χ4n) is 2.55. The molecule has 1 aliphatic rings. The topological polar surface area (TPSA) is 56.4 Å². The second-order valence-electron chi connectivity index (χ2n) is 6.22. The van der Waals surface area contributed by atoms with Gasteiger partial charge >= 0.3 is 0 Å². The van der Waals surface area contributed by atoms with Gasteiger partial charge in [-0.1, -0.05) is 0 Å². The molecule has 1 aromatic rings. The van der Waals surface area contributed by atoms with Gasteiger partial charge in [-0.05, 0) is 54.9 Å². The lowest BCUT2D eigenvalue weighted by molar-refractivity contribution is 0.128. The zero-order chi connectivity index (χ0) is 14.9. The molecule has 1 saturated heterocycles. The van der Waals surface area contributed by atoms with E-state index in [2.05, 4.69) is 52.6 Å². The van der Waals surface area contributed by atoms with Crippen LogP contribution >= 0.6 is 15.9 Å². The minimum atomic E-state index is 0.0981. The molecule has 0 unspecified atom stereocenters. The summed E-state index contributed by atoms with van der Waals surface area (Å²) in [5.74, 6) is 0.0981. The molecular formula is C15H23BrN4. The van der Waals surface area contributed by atoms with Gasteiger partial charge in [0.15, 0.2) is 0 Å². The summed E-state index contributed by atoms with van der Waals surface area (Å²) in [7, 11) is 0. The van der Waals surface area contributed by atoms with Crippen LogP contribution in [0.4, 0.5) is 5.69 Å². The summed E-state index contributed by atoms with van der Waals surface area (Å²) >= 11 is 3.50. The maximum absolute atomic E-state index is 7.51. The highest BCUT2D eigenvalue weighted by atomic mass is 79.9. The van der Waals surface area contributed by atoms with E-state index >= 15 is 0 Å². The average molecular weight is 339 g/mol. The Bertz CT molecular complexity index is 499. The lowest BCUT2D eigenvalue weighted by atomic mass is 10.0. The number of halogens is 1. The summed E-state index contributed by atoms with van der Waals surface area (Å²) in [6.45, 7) is 11.0. The fraction of sp³-hybridized carbons (Fsp3) is 0.533. The van der Waals surface area contributed by atoms with E-state index in [-0.39, 0.29) is 11.4 Å². The van der Waals surface area contributed by atoms with Crippen LogP contribution in [0, 0.1) is 5.41 Å². The van der Waals surface area contributed by atoms with Crippen molar-refractivity contribution in [3.63, 3.8) is 0 Å². The van der Waals surface area contributed by atoms with E-state index < -0.39 is 0 Å². The van der Waals surface area contributed by atoms with Crippen molar-refractivity contribution in [3.05, 3.63) is 28.2 Å². The zero-order valence-electron chi connectivity index (χ0n) is 12.4. The van der Waals surface area contributed by atoms with Crippen LogP contribution < -0.4 is 10.6 Å². The van der Waals surface area contributed by atoms with Crippen molar-refractivity contribution >= 4 is 27.5 Å². The van der Waals surface area contributed by atoms with Crippen LogP contribution in [-0.2, 0) is 0 Å². The first-order valence-electron chi connectivity index (χ1n) is 6.93. The van der Waals surface area contributed by atoms with Crippen LogP contribution in [0.25, 0.3) is 0 Å². The zero-order valence-corrected chi connectivity index (χ0v) is 14.0. The van der Waals surface area contributed by atoms with Crippen molar-refractivity contribution in [1.29, 1.82) is 5.41 Å². The van der Waals surface area contributed by atoms with E-state index in [4.69, 9.17) is 11.1 Å². The molecular weight excluding hydrogens is 316 g/mol. The molecule has 4 nitrogen and oxygen atoms in total. The van der Waals surface area contributed by atoms with Crippen LogP contribution in [0.5, 0.6) is 0 Å². The van der Waals surface area contributed by atoms with Crippen LogP contribution in [0.3, 0.4) is 0 Å². The minimum absolute atomic E-state index is 0.0981. The maximum atomic E-state index is 7.51. The molecule has 0 aliphatic carbocycles. The van der Waals surface area contributed by atoms with Crippen LogP contribution in [0.1, 0.15) is 26.3 Å². The Morgan fingerprint density at radius 2 is 1.80 bits per heavy atom. The van der Waals surface area contributed by atoms with Crippen LogP contribution in [0.15, 0.2) is 22.7 Å². The van der Waals surface area contributed by atoms with Gasteiger partial charge in [0, 0.05) is 47.4 Å². The number of anilines is 1. The Morgan fingerprint density at radius 1 is 1.20 bits per heavy atom. The third-order valence-corrected chi connectivity index (χ3v) is 4.49. The van der Waals surface area contributed by atoms with Crippen LogP contribution in [0.2, 0.25) is 0 Å². The smallest absolute Gasteiger partial charge is 0.123 e. The normalized spacial score (nSPS) is 17.3. The van der Waals surface area contributed by atoms with E-state index in [0.29, 0.717) is 0 Å². The highest BCUT2D eigenvalue weighted by molar-refractivity contribution is 9.10. The van der Waals surface area contributed by atoms with Gasteiger partial charge in [-0.15, -0.1) is 0 Å². The quantitative estimate of drug-likeness (QED) is 0.643. The average Bonchev–Trinajstić information content (AvgIpc) is 2.37. The number of nitrogens with zero attached hydrogens (tertiary/aromatic N) is 2. The van der Waals surface area contributed by atoms with Gasteiger partial charge in [0.1, 0.15) is 5.84 Å². The number of piperazine rings is 1. The molecule has 0 aromatic heterocycles. The lowest BCUT2D eigenvalue weighted by Crippen LogP contribution is -2.53. The standard InChI is InChI=1S/C15H23BrN4/c1-15(2,3)20-8-6-19(7-9-20)11-4-5-12(14(17)18)13(16)10-11/h4-5,10H,6-9H2,1-3H3,(H3,17,18). The van der Waals surface area contributed by atoms with E-state index in [1.165, 1.54) is 5.69 Å². The largest absolute Gasteiger partial charge is 0.384 e. The van der Waals surface area contributed by atoms with E-state index in [1.807, 2.05) is 12.1 Å². The van der Waals surface area contributed by atoms with Gasteiger partial charge in [0.2, 0.25) is 0 Å². The van der Waals surface area contributed by atoms with Crippen molar-refractivity contribution in [2.75, 3.05) is 31.1 Å². The number of nitrogen functional groups attached to an aromatic ring is 1. The van der Waals surface area contributed by atoms with Crippen molar-refractivity contribution in [1.82, 2.24) is 4.90 Å². The Balaban J connectivity index is 2.08. The highest BCUT2D eigenvalue weighted by Gasteiger charge is 2.26. The molecule has 110 valence electrons. The van der Waals surface area contributed by atoms with Gasteiger partial charge in [-0.25, -0.2) is 0 Å². The second kappa shape index (κ2) is 5.74. The third kappa shape index (κ3) is 3.33. The van der Waals surface area contributed by atoms with Gasteiger partial charge in [0.25, 0.3) is 0 Å². The predicted octanol–water partition coefficient (Wildman–Crippen LogP) is 2.65. The maximum Gasteiger partial charge on any atom is 0.123 e. The molecule has 1 fully saturated rings. The highest BCUT2D eigenvalue weighted by Crippen LogP contribution is 2.26. The molecule has 0 amide bonds. The van der Waals surface area contributed by atoms with E-state index in [0.717, 1.165) is 36.2 Å². The minimum Gasteiger partial charge on any atom is -0.384 e. The summed E-state index contributed by atoms with van der Waals surface area (Å²) < 4.78 is 0.890. The fourth-order valence-corrected chi connectivity index (χ4v) is 3.13. The number of hydrogen-bond donors (Lipinski definition) is 2. The van der Waals surface area contributed by atoms with Gasteiger partial charge < -0.3 is 10.6 Å². The molecule has 0 atom stereocenters. The van der Waals surface area contributed by atoms with Gasteiger partial charge in [0.05, 0.1) is 0 Å². The summed E-state index contributed by atoms with van der Waals surface area (Å²) in [6.07, 6.45) is 0. The molecule has 0 bridgehead atoms. The number of rotatable bonds is 2. The SMILES string of the molecule is CC(C)(C)N1CCN(c2ccc(C(=N)N)c(Br)c2)CC1. The first kappa shape index (κ1) is 15.3. The first-order chi connectivity index (χ1) is 9.29. The molecule has 1 aromatic carbocycles. The second-order valence-corrected chi connectivity index (χ2v) is 7.08. The number of hydrogen-bond acceptors (Lipinski definition) is 3. The van der Waals surface area contributed by atoms with E-state index in [9.17, 15) is 0 Å². The number of amidine groups is 1. The number of nitrogens with one attached hydrogen (secondary N) is 1. The van der Waals surface area contributed by atoms with Crippen molar-refractivity contribution in [2.45, 2.75) is 26.3 Å². The summed E-state index contributed by atoms with van der Waals surface area (Å²) in [5.41, 5.74) is 7.73.